The Bertz CT molecular complexity index is 742. The zero-order valence-corrected chi connectivity index (χ0v) is 15.0. The van der Waals surface area contributed by atoms with Crippen LogP contribution in [-0.4, -0.2) is 19.7 Å². The second-order valence-corrected chi connectivity index (χ2v) is 5.98. The van der Waals surface area contributed by atoms with Crippen molar-refractivity contribution in [2.75, 3.05) is 19.7 Å². The minimum absolute atomic E-state index is 0. The first-order valence-electron chi connectivity index (χ1n) is 8.32. The van der Waals surface area contributed by atoms with Gasteiger partial charge in [-0.25, -0.2) is 0 Å². The summed E-state index contributed by atoms with van der Waals surface area (Å²) in [6.45, 7) is 2.30. The number of ether oxygens (including phenoxy) is 1. The van der Waals surface area contributed by atoms with E-state index < -0.39 is 11.7 Å². The maximum Gasteiger partial charge on any atom is 0.416 e. The van der Waals surface area contributed by atoms with Gasteiger partial charge in [0.05, 0.1) is 5.56 Å². The fourth-order valence-electron chi connectivity index (χ4n) is 2.93. The molecule has 0 saturated heterocycles. The Labute approximate surface area is 157 Å². The summed E-state index contributed by atoms with van der Waals surface area (Å²) in [5.41, 5.74) is 2.64. The predicted molar refractivity (Wildman–Crippen MR) is 99.9 cm³/mol. The Hall–Kier alpha value is -1.98. The molecule has 26 heavy (non-hydrogen) atoms. The summed E-state index contributed by atoms with van der Waals surface area (Å²) in [6.07, 6.45) is 1.22. The zero-order valence-electron chi connectivity index (χ0n) is 14.2. The van der Waals surface area contributed by atoms with Crippen LogP contribution in [0.2, 0.25) is 0 Å². The molecule has 0 radical (unpaired) electrons. The van der Waals surface area contributed by atoms with E-state index in [1.165, 1.54) is 23.3 Å². The fourth-order valence-corrected chi connectivity index (χ4v) is 2.93. The van der Waals surface area contributed by atoms with Gasteiger partial charge in [0, 0.05) is 0 Å². The molecule has 0 saturated carbocycles. The molecule has 0 atom stereocenters. The maximum atomic E-state index is 12.5. The summed E-state index contributed by atoms with van der Waals surface area (Å²) in [4.78, 5) is 0. The van der Waals surface area contributed by atoms with E-state index in [1.807, 2.05) is 18.2 Å². The van der Waals surface area contributed by atoms with Crippen LogP contribution in [-0.2, 0) is 19.0 Å². The zero-order chi connectivity index (χ0) is 17.7. The van der Waals surface area contributed by atoms with E-state index >= 15 is 0 Å². The predicted octanol–water partition coefficient (Wildman–Crippen LogP) is 4.91. The van der Waals surface area contributed by atoms with Crippen LogP contribution in [0, 0.1) is 0 Å². The highest BCUT2D eigenvalue weighted by Gasteiger charge is 2.29. The number of halogens is 4. The molecule has 0 aliphatic carbocycles. The third-order valence-corrected chi connectivity index (χ3v) is 4.24. The number of hydrogen-bond acceptors (Lipinski definition) is 2. The van der Waals surface area contributed by atoms with Crippen LogP contribution < -0.4 is 10.1 Å². The second kappa shape index (κ2) is 9.10. The maximum absolute atomic E-state index is 12.5. The van der Waals surface area contributed by atoms with E-state index in [0.29, 0.717) is 12.2 Å². The average Bonchev–Trinajstić information content (AvgIpc) is 2.84. The van der Waals surface area contributed by atoms with Crippen molar-refractivity contribution in [1.29, 1.82) is 0 Å². The molecule has 0 bridgehead atoms. The van der Waals surface area contributed by atoms with E-state index in [2.05, 4.69) is 11.4 Å². The van der Waals surface area contributed by atoms with Gasteiger partial charge in [0.15, 0.2) is 0 Å². The van der Waals surface area contributed by atoms with E-state index in [1.54, 1.807) is 6.08 Å². The Morgan fingerprint density at radius 2 is 1.73 bits per heavy atom. The largest absolute Gasteiger partial charge is 0.489 e. The van der Waals surface area contributed by atoms with Crippen molar-refractivity contribution < 1.29 is 17.9 Å². The van der Waals surface area contributed by atoms with Gasteiger partial charge in [0.1, 0.15) is 12.4 Å². The molecule has 3 rings (SSSR count). The molecule has 0 amide bonds. The van der Waals surface area contributed by atoms with E-state index in [-0.39, 0.29) is 12.4 Å². The molecule has 2 aromatic rings. The number of rotatable bonds is 4. The summed E-state index contributed by atoms with van der Waals surface area (Å²) in [6, 6.07) is 11.2. The summed E-state index contributed by atoms with van der Waals surface area (Å²) in [7, 11) is 0. The number of hydrogen-bond donors (Lipinski definition) is 1. The highest BCUT2D eigenvalue weighted by atomic mass is 35.5. The van der Waals surface area contributed by atoms with Gasteiger partial charge in [-0.15, -0.1) is 12.4 Å². The van der Waals surface area contributed by atoms with Crippen molar-refractivity contribution in [2.45, 2.75) is 19.0 Å². The quantitative estimate of drug-likeness (QED) is 0.810. The molecule has 2 nitrogen and oxygen atoms in total. The average molecular weight is 384 g/mol. The number of benzene rings is 2. The van der Waals surface area contributed by atoms with Crippen molar-refractivity contribution in [2.24, 2.45) is 0 Å². The molecule has 1 N–H and O–H groups in total. The summed E-state index contributed by atoms with van der Waals surface area (Å²) < 4.78 is 43.5. The van der Waals surface area contributed by atoms with Gasteiger partial charge in [-0.2, -0.15) is 13.2 Å². The highest BCUT2D eigenvalue weighted by Crippen LogP contribution is 2.29. The second-order valence-electron chi connectivity index (χ2n) is 5.98. The molecular formula is C20H21ClF3NO. The lowest BCUT2D eigenvalue weighted by Gasteiger charge is -2.12. The lowest BCUT2D eigenvalue weighted by molar-refractivity contribution is -0.137. The molecule has 0 aromatic heterocycles. The first-order valence-corrected chi connectivity index (χ1v) is 8.32. The number of nitrogens with one attached hydrogen (secondary N) is 1. The number of fused-ring (bicyclic) bond motifs is 1. The molecule has 0 unspecified atom stereocenters. The Morgan fingerprint density at radius 3 is 2.46 bits per heavy atom. The Balaban J connectivity index is 0.00000243. The summed E-state index contributed by atoms with van der Waals surface area (Å²) in [5, 5.41) is 3.38. The third kappa shape index (κ3) is 5.26. The van der Waals surface area contributed by atoms with E-state index in [9.17, 15) is 13.2 Å². The topological polar surface area (TPSA) is 21.3 Å². The molecule has 1 aliphatic heterocycles. The van der Waals surface area contributed by atoms with E-state index in [0.717, 1.165) is 43.8 Å². The van der Waals surface area contributed by atoms with Crippen LogP contribution in [0.1, 0.15) is 22.3 Å². The Kier molecular flexibility index (Phi) is 7.12. The summed E-state index contributed by atoms with van der Waals surface area (Å²) in [5.74, 6) is 0.887. The van der Waals surface area contributed by atoms with Crippen molar-refractivity contribution in [3.8, 4) is 5.75 Å². The first kappa shape index (κ1) is 20.3. The van der Waals surface area contributed by atoms with Crippen molar-refractivity contribution in [1.82, 2.24) is 5.32 Å². The normalized spacial score (nSPS) is 14.4. The van der Waals surface area contributed by atoms with Gasteiger partial charge >= 0.3 is 6.18 Å². The van der Waals surface area contributed by atoms with E-state index in [4.69, 9.17) is 4.74 Å². The molecule has 0 spiro atoms. The molecule has 140 valence electrons. The first-order chi connectivity index (χ1) is 12.0. The lowest BCUT2D eigenvalue weighted by atomic mass is 10.0. The van der Waals surface area contributed by atoms with Crippen LogP contribution in [0.15, 0.2) is 48.5 Å². The van der Waals surface area contributed by atoms with Crippen molar-refractivity contribution >= 4 is 18.5 Å². The summed E-state index contributed by atoms with van der Waals surface area (Å²) >= 11 is 0. The fraction of sp³-hybridized carbons (Fsp3) is 0.300. The molecular weight excluding hydrogens is 363 g/mol. The van der Waals surface area contributed by atoms with Crippen LogP contribution in [0.5, 0.6) is 5.75 Å². The van der Waals surface area contributed by atoms with Crippen LogP contribution in [0.25, 0.3) is 6.08 Å². The molecule has 1 heterocycles. The molecule has 0 fully saturated rings. The molecule has 2 aromatic carbocycles. The Morgan fingerprint density at radius 1 is 1.00 bits per heavy atom. The van der Waals surface area contributed by atoms with Crippen molar-refractivity contribution in [3.05, 3.63) is 70.8 Å². The van der Waals surface area contributed by atoms with Gasteiger partial charge < -0.3 is 10.1 Å². The smallest absolute Gasteiger partial charge is 0.416 e. The van der Waals surface area contributed by atoms with Gasteiger partial charge in [-0.1, -0.05) is 30.3 Å². The standard InChI is InChI=1S/C20H20F3NO.ClH/c21-20(22,23)17-8-6-15(7-9-17)3-2-14-25-19-5-1-4-16-10-12-24-13-11-18(16)19;/h1-9,24H,10-14H2;1H/b3-2+;. The van der Waals surface area contributed by atoms with Gasteiger partial charge in [0.2, 0.25) is 0 Å². The molecule has 6 heteroatoms. The van der Waals surface area contributed by atoms with Gasteiger partial charge in [0.25, 0.3) is 0 Å². The molecule has 1 aliphatic rings. The van der Waals surface area contributed by atoms with Crippen LogP contribution >= 0.6 is 12.4 Å². The third-order valence-electron chi connectivity index (χ3n) is 4.24. The van der Waals surface area contributed by atoms with Gasteiger partial charge in [-0.3, -0.25) is 0 Å². The minimum Gasteiger partial charge on any atom is -0.489 e. The van der Waals surface area contributed by atoms with Crippen LogP contribution in [0.3, 0.4) is 0 Å². The van der Waals surface area contributed by atoms with Gasteiger partial charge in [-0.05, 0) is 66.9 Å². The van der Waals surface area contributed by atoms with Crippen molar-refractivity contribution in [3.63, 3.8) is 0 Å². The minimum atomic E-state index is -4.30. The highest BCUT2D eigenvalue weighted by molar-refractivity contribution is 5.85. The monoisotopic (exact) mass is 383 g/mol. The SMILES string of the molecule is Cl.FC(F)(F)c1ccc(/C=C/COc2cccc3c2CCNCC3)cc1. The van der Waals surface area contributed by atoms with Crippen LogP contribution in [0.4, 0.5) is 13.2 Å². The lowest BCUT2D eigenvalue weighted by Crippen LogP contribution is -2.16. The number of alkyl halides is 3.